The number of amides is 1. The highest BCUT2D eigenvalue weighted by atomic mass is 16.5. The zero-order chi connectivity index (χ0) is 20.9. The van der Waals surface area contributed by atoms with Crippen LogP contribution in [0, 0.1) is 0 Å². The maximum atomic E-state index is 12.7. The molecule has 0 radical (unpaired) electrons. The van der Waals surface area contributed by atoms with Crippen molar-refractivity contribution < 1.29 is 19.1 Å². The number of nitrogens with one attached hydrogen (secondary N) is 1. The number of rotatable bonds is 7. The van der Waals surface area contributed by atoms with Gasteiger partial charge in [0.1, 0.15) is 17.6 Å². The number of carbonyl (C=O) groups is 1. The fourth-order valence-corrected chi connectivity index (χ4v) is 3.09. The van der Waals surface area contributed by atoms with Crippen LogP contribution in [0.3, 0.4) is 0 Å². The van der Waals surface area contributed by atoms with E-state index in [0.29, 0.717) is 5.76 Å². The van der Waals surface area contributed by atoms with Crippen molar-refractivity contribution in [3.8, 4) is 22.7 Å². The van der Waals surface area contributed by atoms with Crippen LogP contribution >= 0.6 is 0 Å². The molecule has 7 heteroatoms. The summed E-state index contributed by atoms with van der Waals surface area (Å²) in [6, 6.07) is 22.2. The molecule has 0 saturated heterocycles. The lowest BCUT2D eigenvalue weighted by atomic mass is 10.1. The summed E-state index contributed by atoms with van der Waals surface area (Å²) in [5.74, 6) is 0.753. The van der Waals surface area contributed by atoms with Gasteiger partial charge in [0.15, 0.2) is 5.69 Å². The first kappa shape index (κ1) is 19.5. The fourth-order valence-electron chi connectivity index (χ4n) is 3.09. The predicted octanol–water partition coefficient (Wildman–Crippen LogP) is 3.60. The number of nitrogens with zero attached hydrogens (tertiary/aromatic N) is 2. The van der Waals surface area contributed by atoms with Crippen molar-refractivity contribution in [3.63, 3.8) is 0 Å². The van der Waals surface area contributed by atoms with Crippen LogP contribution in [0.5, 0.6) is 5.75 Å². The van der Waals surface area contributed by atoms with Gasteiger partial charge in [0.05, 0.1) is 31.3 Å². The molecule has 2 aromatic heterocycles. The van der Waals surface area contributed by atoms with Crippen molar-refractivity contribution in [1.29, 1.82) is 0 Å². The second-order valence-corrected chi connectivity index (χ2v) is 6.63. The van der Waals surface area contributed by atoms with Gasteiger partial charge in [0, 0.05) is 5.56 Å². The van der Waals surface area contributed by atoms with E-state index in [-0.39, 0.29) is 18.1 Å². The van der Waals surface area contributed by atoms with Crippen LogP contribution in [-0.2, 0) is 0 Å². The highest BCUT2D eigenvalue weighted by Crippen LogP contribution is 2.26. The summed E-state index contributed by atoms with van der Waals surface area (Å²) in [4.78, 5) is 12.7. The van der Waals surface area contributed by atoms with Crippen LogP contribution in [0.2, 0.25) is 0 Å². The van der Waals surface area contributed by atoms with E-state index < -0.39 is 6.10 Å². The molecule has 7 nitrogen and oxygen atoms in total. The second kappa shape index (κ2) is 8.67. The van der Waals surface area contributed by atoms with Gasteiger partial charge in [-0.1, -0.05) is 18.2 Å². The molecule has 2 N–H and O–H groups in total. The van der Waals surface area contributed by atoms with E-state index >= 15 is 0 Å². The first-order valence-corrected chi connectivity index (χ1v) is 9.45. The number of furan rings is 1. The SMILES string of the molecule is COc1ccc(-c2cc(C(=O)NCC(O)c3ccco3)nn2-c2ccccc2)cc1. The molecule has 2 heterocycles. The Hall–Kier alpha value is -3.84. The summed E-state index contributed by atoms with van der Waals surface area (Å²) in [5, 5.41) is 17.3. The van der Waals surface area contributed by atoms with Gasteiger partial charge in [-0.3, -0.25) is 4.79 Å². The number of carbonyl (C=O) groups excluding carboxylic acids is 1. The number of methoxy groups -OCH3 is 1. The molecule has 0 aliphatic carbocycles. The van der Waals surface area contributed by atoms with Gasteiger partial charge >= 0.3 is 0 Å². The van der Waals surface area contributed by atoms with Gasteiger partial charge in [-0.2, -0.15) is 5.10 Å². The van der Waals surface area contributed by atoms with Gasteiger partial charge in [-0.15, -0.1) is 0 Å². The Labute approximate surface area is 173 Å². The third kappa shape index (κ3) is 4.11. The van der Waals surface area contributed by atoms with Gasteiger partial charge in [0.2, 0.25) is 0 Å². The summed E-state index contributed by atoms with van der Waals surface area (Å²) in [5.41, 5.74) is 2.73. The number of aliphatic hydroxyl groups is 1. The molecule has 2 aromatic carbocycles. The summed E-state index contributed by atoms with van der Waals surface area (Å²) in [6.07, 6.45) is 0.546. The maximum absolute atomic E-state index is 12.7. The van der Waals surface area contributed by atoms with Crippen LogP contribution in [0.1, 0.15) is 22.4 Å². The van der Waals surface area contributed by atoms with Crippen molar-refractivity contribution in [2.24, 2.45) is 0 Å². The molecule has 152 valence electrons. The van der Waals surface area contributed by atoms with Crippen LogP contribution in [-0.4, -0.2) is 34.4 Å². The van der Waals surface area contributed by atoms with E-state index in [9.17, 15) is 9.90 Å². The molecule has 1 atom stereocenters. The van der Waals surface area contributed by atoms with Gasteiger partial charge in [0.25, 0.3) is 5.91 Å². The standard InChI is InChI=1S/C23H21N3O4/c1-29-18-11-9-16(10-12-18)20-14-19(25-26(20)17-6-3-2-4-7-17)23(28)24-15-21(27)22-8-5-13-30-22/h2-14,21,27H,15H2,1H3,(H,24,28). The maximum Gasteiger partial charge on any atom is 0.271 e. The molecule has 4 aromatic rings. The monoisotopic (exact) mass is 403 g/mol. The number of benzene rings is 2. The molecule has 30 heavy (non-hydrogen) atoms. The molecule has 0 saturated carbocycles. The minimum absolute atomic E-state index is 0.0163. The molecule has 0 aliphatic heterocycles. The molecule has 0 bridgehead atoms. The quantitative estimate of drug-likeness (QED) is 0.492. The van der Waals surface area contributed by atoms with Crippen molar-refractivity contribution >= 4 is 5.91 Å². The van der Waals surface area contributed by atoms with Gasteiger partial charge in [-0.25, -0.2) is 4.68 Å². The van der Waals surface area contributed by atoms with Crippen LogP contribution in [0.4, 0.5) is 0 Å². The smallest absolute Gasteiger partial charge is 0.271 e. The Morgan fingerprint density at radius 3 is 2.57 bits per heavy atom. The molecule has 4 rings (SSSR count). The minimum Gasteiger partial charge on any atom is -0.497 e. The van der Waals surface area contributed by atoms with E-state index in [1.807, 2.05) is 54.6 Å². The van der Waals surface area contributed by atoms with Crippen molar-refractivity contribution in [2.45, 2.75) is 6.10 Å². The van der Waals surface area contributed by atoms with Crippen LogP contribution < -0.4 is 10.1 Å². The molecular weight excluding hydrogens is 382 g/mol. The lowest BCUT2D eigenvalue weighted by Crippen LogP contribution is -2.28. The van der Waals surface area contributed by atoms with E-state index in [1.165, 1.54) is 6.26 Å². The lowest BCUT2D eigenvalue weighted by Gasteiger charge is -2.08. The lowest BCUT2D eigenvalue weighted by molar-refractivity contribution is 0.0896. The summed E-state index contributed by atoms with van der Waals surface area (Å²) in [7, 11) is 1.61. The first-order valence-electron chi connectivity index (χ1n) is 9.45. The van der Waals surface area contributed by atoms with E-state index in [1.54, 1.807) is 30.0 Å². The summed E-state index contributed by atoms with van der Waals surface area (Å²) in [6.45, 7) is 0.0163. The van der Waals surface area contributed by atoms with E-state index in [4.69, 9.17) is 9.15 Å². The molecule has 0 aliphatic rings. The molecule has 0 spiro atoms. The topological polar surface area (TPSA) is 89.5 Å². The highest BCUT2D eigenvalue weighted by Gasteiger charge is 2.18. The zero-order valence-electron chi connectivity index (χ0n) is 16.4. The number of aromatic nitrogens is 2. The Morgan fingerprint density at radius 2 is 1.90 bits per heavy atom. The highest BCUT2D eigenvalue weighted by molar-refractivity contribution is 5.93. The van der Waals surface area contributed by atoms with E-state index in [0.717, 1.165) is 22.7 Å². The third-order valence-corrected chi connectivity index (χ3v) is 4.66. The Kier molecular flexibility index (Phi) is 5.63. The van der Waals surface area contributed by atoms with E-state index in [2.05, 4.69) is 10.4 Å². The second-order valence-electron chi connectivity index (χ2n) is 6.63. The first-order chi connectivity index (χ1) is 14.7. The Balaban J connectivity index is 1.62. The fraction of sp³-hybridized carbons (Fsp3) is 0.130. The average Bonchev–Trinajstić information content (AvgIpc) is 3.48. The molecule has 1 unspecified atom stereocenters. The van der Waals surface area contributed by atoms with Crippen LogP contribution in [0.15, 0.2) is 83.5 Å². The number of aliphatic hydroxyl groups excluding tert-OH is 1. The van der Waals surface area contributed by atoms with Crippen LogP contribution in [0.25, 0.3) is 16.9 Å². The Morgan fingerprint density at radius 1 is 1.13 bits per heavy atom. The van der Waals surface area contributed by atoms with Crippen molar-refractivity contribution in [3.05, 3.63) is 90.5 Å². The largest absolute Gasteiger partial charge is 0.497 e. The predicted molar refractivity (Wildman–Crippen MR) is 112 cm³/mol. The number of hydrogen-bond donors (Lipinski definition) is 2. The molecule has 1 amide bonds. The van der Waals surface area contributed by atoms with Gasteiger partial charge < -0.3 is 19.6 Å². The minimum atomic E-state index is -0.929. The zero-order valence-corrected chi connectivity index (χ0v) is 16.4. The normalized spacial score (nSPS) is 11.8. The van der Waals surface area contributed by atoms with Crippen molar-refractivity contribution in [1.82, 2.24) is 15.1 Å². The number of hydrogen-bond acceptors (Lipinski definition) is 5. The third-order valence-electron chi connectivity index (χ3n) is 4.66. The molecule has 0 fully saturated rings. The number of ether oxygens (including phenoxy) is 1. The van der Waals surface area contributed by atoms with Crippen molar-refractivity contribution in [2.75, 3.05) is 13.7 Å². The van der Waals surface area contributed by atoms with Gasteiger partial charge in [-0.05, 0) is 54.6 Å². The summed E-state index contributed by atoms with van der Waals surface area (Å²) < 4.78 is 12.1. The molecular formula is C23H21N3O4. The summed E-state index contributed by atoms with van der Waals surface area (Å²) >= 11 is 0. The number of para-hydroxylation sites is 1. The average molecular weight is 403 g/mol. The Bertz CT molecular complexity index is 1100.